The van der Waals surface area contributed by atoms with Crippen molar-refractivity contribution < 1.29 is 9.15 Å². The number of benzene rings is 1. The van der Waals surface area contributed by atoms with Crippen molar-refractivity contribution in [3.63, 3.8) is 0 Å². The van der Waals surface area contributed by atoms with Gasteiger partial charge in [0.15, 0.2) is 0 Å². The third-order valence-corrected chi connectivity index (χ3v) is 4.74. The fourth-order valence-electron chi connectivity index (χ4n) is 3.20. The number of ether oxygens (including phenoxy) is 1. The maximum absolute atomic E-state index is 5.88. The van der Waals surface area contributed by atoms with Gasteiger partial charge in [-0.15, -0.1) is 0 Å². The number of hydrogen-bond acceptors (Lipinski definition) is 3. The molecule has 1 aliphatic heterocycles. The molecule has 1 atom stereocenters. The molecule has 0 saturated carbocycles. The van der Waals surface area contributed by atoms with Crippen LogP contribution in [0.2, 0.25) is 0 Å². The molecule has 1 N–H and O–H groups in total. The summed E-state index contributed by atoms with van der Waals surface area (Å²) >= 11 is 3.62. The molecule has 1 aromatic heterocycles. The number of fused-ring (bicyclic) bond motifs is 1. The van der Waals surface area contributed by atoms with Crippen LogP contribution in [0.3, 0.4) is 0 Å². The average Bonchev–Trinajstić information content (AvgIpc) is 2.99. The molecule has 0 aliphatic carbocycles. The molecule has 3 nitrogen and oxygen atoms in total. The molecular weight excluding hydrogens is 330 g/mol. The maximum Gasteiger partial charge on any atom is 0.127 e. The van der Waals surface area contributed by atoms with Gasteiger partial charge in [-0.05, 0) is 51.1 Å². The van der Waals surface area contributed by atoms with E-state index in [-0.39, 0.29) is 6.04 Å². The van der Waals surface area contributed by atoms with E-state index in [2.05, 4.69) is 40.3 Å². The van der Waals surface area contributed by atoms with Crippen LogP contribution in [0.5, 0.6) is 5.75 Å². The molecule has 1 aromatic carbocycles. The fraction of sp³-hybridized carbons (Fsp3) is 0.412. The van der Waals surface area contributed by atoms with Gasteiger partial charge in [-0.25, -0.2) is 0 Å². The Bertz CT molecular complexity index is 691. The maximum atomic E-state index is 5.88. The lowest BCUT2D eigenvalue weighted by atomic mass is 9.93. The molecule has 2 heterocycles. The first-order chi connectivity index (χ1) is 10.0. The van der Waals surface area contributed by atoms with Gasteiger partial charge < -0.3 is 14.5 Å². The fourth-order valence-corrected chi connectivity index (χ4v) is 3.73. The van der Waals surface area contributed by atoms with Gasteiger partial charge in [0, 0.05) is 22.0 Å². The largest absolute Gasteiger partial charge is 0.493 e. The minimum atomic E-state index is 0.0757. The lowest BCUT2D eigenvalue weighted by molar-refractivity contribution is 0.351. The SMILES string of the molecule is CNC(c1cc(Br)cc2c1OCC2)c1c(C)oc(C)c1C. The summed E-state index contributed by atoms with van der Waals surface area (Å²) in [4.78, 5) is 0. The normalized spacial score (nSPS) is 14.9. The Balaban J connectivity index is 2.17. The predicted octanol–water partition coefficient (Wildman–Crippen LogP) is 4.21. The zero-order valence-electron chi connectivity index (χ0n) is 12.8. The van der Waals surface area contributed by atoms with Gasteiger partial charge in [0.05, 0.1) is 12.6 Å². The average molecular weight is 350 g/mol. The summed E-state index contributed by atoms with van der Waals surface area (Å²) in [6, 6.07) is 4.37. The van der Waals surface area contributed by atoms with Gasteiger partial charge in [-0.2, -0.15) is 0 Å². The molecule has 0 spiro atoms. The molecule has 3 rings (SSSR count). The number of nitrogens with one attached hydrogen (secondary N) is 1. The Hall–Kier alpha value is -1.26. The molecular formula is C17H20BrNO2. The van der Waals surface area contributed by atoms with E-state index in [9.17, 15) is 0 Å². The first-order valence-corrected chi connectivity index (χ1v) is 8.01. The summed E-state index contributed by atoms with van der Waals surface area (Å²) in [7, 11) is 1.98. The first kappa shape index (κ1) is 14.7. The summed E-state index contributed by atoms with van der Waals surface area (Å²) in [6.07, 6.45) is 0.973. The standard InChI is InChI=1S/C17H20BrNO2/c1-9-10(2)21-11(3)15(9)16(19-4)14-8-13(18)7-12-5-6-20-17(12)14/h7-8,16,19H,5-6H2,1-4H3. The Morgan fingerprint density at radius 2 is 1.95 bits per heavy atom. The van der Waals surface area contributed by atoms with Crippen LogP contribution in [0.1, 0.15) is 39.8 Å². The van der Waals surface area contributed by atoms with Crippen LogP contribution in [-0.4, -0.2) is 13.7 Å². The highest BCUT2D eigenvalue weighted by Gasteiger charge is 2.27. The van der Waals surface area contributed by atoms with Gasteiger partial charge in [0.25, 0.3) is 0 Å². The molecule has 0 bridgehead atoms. The second-order valence-corrected chi connectivity index (χ2v) is 6.47. The quantitative estimate of drug-likeness (QED) is 0.901. The zero-order valence-corrected chi connectivity index (χ0v) is 14.4. The molecule has 1 aliphatic rings. The highest BCUT2D eigenvalue weighted by Crippen LogP contribution is 2.41. The predicted molar refractivity (Wildman–Crippen MR) is 87.2 cm³/mol. The lowest BCUT2D eigenvalue weighted by Crippen LogP contribution is -2.19. The second kappa shape index (κ2) is 5.50. The van der Waals surface area contributed by atoms with Gasteiger partial charge in [0.2, 0.25) is 0 Å². The van der Waals surface area contributed by atoms with E-state index in [1.807, 2.05) is 20.9 Å². The molecule has 2 aromatic rings. The highest BCUT2D eigenvalue weighted by atomic mass is 79.9. The Morgan fingerprint density at radius 1 is 1.19 bits per heavy atom. The summed E-state index contributed by atoms with van der Waals surface area (Å²) in [5.74, 6) is 2.97. The Labute approximate surface area is 133 Å². The number of halogens is 1. The van der Waals surface area contributed by atoms with Gasteiger partial charge in [-0.1, -0.05) is 15.9 Å². The van der Waals surface area contributed by atoms with E-state index >= 15 is 0 Å². The van der Waals surface area contributed by atoms with Crippen molar-refractivity contribution in [2.45, 2.75) is 33.2 Å². The van der Waals surface area contributed by atoms with E-state index in [0.29, 0.717) is 0 Å². The minimum Gasteiger partial charge on any atom is -0.493 e. The molecule has 0 saturated heterocycles. The summed E-state index contributed by atoms with van der Waals surface area (Å²) < 4.78 is 12.8. The highest BCUT2D eigenvalue weighted by molar-refractivity contribution is 9.10. The third-order valence-electron chi connectivity index (χ3n) is 4.28. The monoisotopic (exact) mass is 349 g/mol. The van der Waals surface area contributed by atoms with Crippen molar-refractivity contribution >= 4 is 15.9 Å². The van der Waals surface area contributed by atoms with Gasteiger partial charge in [-0.3, -0.25) is 0 Å². The molecule has 21 heavy (non-hydrogen) atoms. The molecule has 112 valence electrons. The smallest absolute Gasteiger partial charge is 0.127 e. The zero-order chi connectivity index (χ0) is 15.1. The number of rotatable bonds is 3. The second-order valence-electron chi connectivity index (χ2n) is 5.56. The van der Waals surface area contributed by atoms with E-state index in [1.165, 1.54) is 22.3 Å². The van der Waals surface area contributed by atoms with E-state index < -0.39 is 0 Å². The summed E-state index contributed by atoms with van der Waals surface area (Å²) in [5.41, 5.74) is 4.87. The summed E-state index contributed by atoms with van der Waals surface area (Å²) in [6.45, 7) is 6.92. The molecule has 1 unspecified atom stereocenters. The van der Waals surface area contributed by atoms with Gasteiger partial charge in [0.1, 0.15) is 17.3 Å². The topological polar surface area (TPSA) is 34.4 Å². The Morgan fingerprint density at radius 3 is 2.57 bits per heavy atom. The van der Waals surface area contributed by atoms with Crippen LogP contribution in [0.15, 0.2) is 21.0 Å². The lowest BCUT2D eigenvalue weighted by Gasteiger charge is -2.20. The van der Waals surface area contributed by atoms with Crippen LogP contribution >= 0.6 is 15.9 Å². The van der Waals surface area contributed by atoms with E-state index in [0.717, 1.165) is 34.8 Å². The van der Waals surface area contributed by atoms with E-state index in [1.54, 1.807) is 0 Å². The van der Waals surface area contributed by atoms with Crippen molar-refractivity contribution in [3.8, 4) is 5.75 Å². The van der Waals surface area contributed by atoms with Crippen molar-refractivity contribution in [3.05, 3.63) is 50.4 Å². The van der Waals surface area contributed by atoms with Crippen molar-refractivity contribution in [2.24, 2.45) is 0 Å². The molecule has 0 radical (unpaired) electrons. The van der Waals surface area contributed by atoms with Crippen molar-refractivity contribution in [1.29, 1.82) is 0 Å². The van der Waals surface area contributed by atoms with Crippen molar-refractivity contribution in [2.75, 3.05) is 13.7 Å². The van der Waals surface area contributed by atoms with E-state index in [4.69, 9.17) is 9.15 Å². The number of hydrogen-bond donors (Lipinski definition) is 1. The Kier molecular flexibility index (Phi) is 3.84. The molecule has 0 fully saturated rings. The third kappa shape index (κ3) is 2.40. The number of furan rings is 1. The van der Waals surface area contributed by atoms with Gasteiger partial charge >= 0.3 is 0 Å². The summed E-state index contributed by atoms with van der Waals surface area (Å²) in [5, 5.41) is 3.43. The molecule has 4 heteroatoms. The minimum absolute atomic E-state index is 0.0757. The number of aryl methyl sites for hydroxylation is 2. The van der Waals surface area contributed by atoms with Crippen LogP contribution in [-0.2, 0) is 6.42 Å². The van der Waals surface area contributed by atoms with Crippen LogP contribution in [0.25, 0.3) is 0 Å². The first-order valence-electron chi connectivity index (χ1n) is 7.21. The van der Waals surface area contributed by atoms with Crippen molar-refractivity contribution in [1.82, 2.24) is 5.32 Å². The van der Waals surface area contributed by atoms with Crippen LogP contribution in [0, 0.1) is 20.8 Å². The van der Waals surface area contributed by atoms with Crippen LogP contribution in [0.4, 0.5) is 0 Å². The van der Waals surface area contributed by atoms with Crippen LogP contribution < -0.4 is 10.1 Å². The molecule has 0 amide bonds.